The molecule has 0 aromatic rings. The van der Waals surface area contributed by atoms with Crippen molar-refractivity contribution in [2.45, 2.75) is 116 Å². The van der Waals surface area contributed by atoms with E-state index in [0.29, 0.717) is 0 Å². The summed E-state index contributed by atoms with van der Waals surface area (Å²) in [5, 5.41) is 0. The van der Waals surface area contributed by atoms with E-state index in [4.69, 9.17) is 0 Å². The van der Waals surface area contributed by atoms with Crippen molar-refractivity contribution in [1.82, 2.24) is 0 Å². The lowest BCUT2D eigenvalue weighted by Gasteiger charge is -2.45. The molecular weight excluding hydrogens is 417 g/mol. The molecular formula is C23H43IN+. The van der Waals surface area contributed by atoms with Crippen molar-refractivity contribution >= 4 is 22.6 Å². The number of likely N-dealkylation sites (tertiary alicyclic amines) is 1. The van der Waals surface area contributed by atoms with Gasteiger partial charge in [0.05, 0.1) is 19.1 Å². The van der Waals surface area contributed by atoms with Gasteiger partial charge in [-0.3, -0.25) is 0 Å². The summed E-state index contributed by atoms with van der Waals surface area (Å²) >= 11 is 2.20. The topological polar surface area (TPSA) is 0 Å². The van der Waals surface area contributed by atoms with Crippen molar-refractivity contribution < 1.29 is 4.48 Å². The monoisotopic (exact) mass is 460 g/mol. The van der Waals surface area contributed by atoms with Gasteiger partial charge in [-0.2, -0.15) is 0 Å². The molecule has 1 aliphatic rings. The van der Waals surface area contributed by atoms with Crippen molar-refractivity contribution in [3.05, 3.63) is 0 Å². The van der Waals surface area contributed by atoms with Crippen molar-refractivity contribution in [3.8, 4) is 9.85 Å². The van der Waals surface area contributed by atoms with Gasteiger partial charge in [0.25, 0.3) is 0 Å². The quantitative estimate of drug-likeness (QED) is 0.109. The molecule has 0 aliphatic carbocycles. The minimum absolute atomic E-state index is 0.818. The van der Waals surface area contributed by atoms with Crippen LogP contribution in [0.1, 0.15) is 110 Å². The number of quaternary nitrogens is 1. The third kappa shape index (κ3) is 10.2. The Bertz CT molecular complexity index is 370. The van der Waals surface area contributed by atoms with Gasteiger partial charge in [-0.05, 0) is 48.9 Å². The normalized spacial score (nSPS) is 23.2. The van der Waals surface area contributed by atoms with E-state index in [9.17, 15) is 0 Å². The van der Waals surface area contributed by atoms with Gasteiger partial charge in [-0.1, -0.05) is 71.1 Å². The molecule has 1 fully saturated rings. The molecule has 1 aliphatic heterocycles. The fraction of sp³-hybridized carbons (Fsp3) is 0.913. The highest BCUT2D eigenvalue weighted by atomic mass is 127. The van der Waals surface area contributed by atoms with Gasteiger partial charge in [0.1, 0.15) is 6.54 Å². The molecule has 0 amide bonds. The summed E-state index contributed by atoms with van der Waals surface area (Å²) in [5.74, 6) is 3.39. The number of rotatable bonds is 14. The highest BCUT2D eigenvalue weighted by molar-refractivity contribution is 14.1. The number of nitrogens with zero attached hydrogens (tertiary/aromatic N) is 1. The van der Waals surface area contributed by atoms with E-state index in [1.807, 2.05) is 0 Å². The second-order valence-electron chi connectivity index (χ2n) is 8.33. The van der Waals surface area contributed by atoms with Crippen LogP contribution in [0.15, 0.2) is 0 Å². The van der Waals surface area contributed by atoms with Gasteiger partial charge in [0.15, 0.2) is 0 Å². The van der Waals surface area contributed by atoms with Crippen molar-refractivity contribution in [3.63, 3.8) is 0 Å². The van der Waals surface area contributed by atoms with Crippen molar-refractivity contribution in [2.24, 2.45) is 0 Å². The molecule has 1 heterocycles. The van der Waals surface area contributed by atoms with Crippen molar-refractivity contribution in [1.29, 1.82) is 0 Å². The molecule has 0 aromatic heterocycles. The lowest BCUT2D eigenvalue weighted by Crippen LogP contribution is -2.57. The molecule has 2 atom stereocenters. The molecule has 0 radical (unpaired) electrons. The predicted molar refractivity (Wildman–Crippen MR) is 121 cm³/mol. The Labute approximate surface area is 172 Å². The van der Waals surface area contributed by atoms with E-state index >= 15 is 0 Å². The average molecular weight is 461 g/mol. The molecule has 25 heavy (non-hydrogen) atoms. The van der Waals surface area contributed by atoms with E-state index in [1.165, 1.54) is 114 Å². The molecule has 2 heteroatoms. The largest absolute Gasteiger partial charge is 0.311 e. The van der Waals surface area contributed by atoms with Crippen LogP contribution in [0.5, 0.6) is 0 Å². The molecule has 0 bridgehead atoms. The molecule has 0 N–H and O–H groups in total. The Morgan fingerprint density at radius 2 is 1.40 bits per heavy atom. The summed E-state index contributed by atoms with van der Waals surface area (Å²) in [7, 11) is 0. The first-order chi connectivity index (χ1) is 12.2. The van der Waals surface area contributed by atoms with E-state index in [0.717, 1.165) is 12.6 Å². The fourth-order valence-corrected chi connectivity index (χ4v) is 4.63. The zero-order chi connectivity index (χ0) is 18.2. The number of hydrogen-bond acceptors (Lipinski definition) is 0. The van der Waals surface area contributed by atoms with Gasteiger partial charge in [-0.15, -0.1) is 0 Å². The SMILES string of the molecule is CCCCCCCCCCCCCC[N+]1(CC#CI)CCCCC1C. The lowest BCUT2D eigenvalue weighted by atomic mass is 9.98. The Morgan fingerprint density at radius 1 is 0.840 bits per heavy atom. The van der Waals surface area contributed by atoms with Crippen LogP contribution in [-0.2, 0) is 0 Å². The number of halogens is 1. The molecule has 1 rings (SSSR count). The minimum atomic E-state index is 0.818. The Balaban J connectivity index is 2.05. The number of hydrogen-bond donors (Lipinski definition) is 0. The maximum Gasteiger partial charge on any atom is 0.141 e. The van der Waals surface area contributed by atoms with Crippen LogP contribution in [-0.4, -0.2) is 30.2 Å². The van der Waals surface area contributed by atoms with E-state index in [2.05, 4.69) is 46.3 Å². The fourth-order valence-electron chi connectivity index (χ4n) is 4.46. The zero-order valence-electron chi connectivity index (χ0n) is 17.1. The van der Waals surface area contributed by atoms with Crippen LogP contribution in [0.3, 0.4) is 0 Å². The molecule has 0 aromatic carbocycles. The van der Waals surface area contributed by atoms with E-state index < -0.39 is 0 Å². The standard InChI is InChI=1S/C23H43IN/c1-3-4-5-6-7-8-9-10-11-12-13-15-20-25(22-17-19-24)21-16-14-18-23(25)2/h23H,3-16,18,20-22H2,1-2H3/q+1. The summed E-state index contributed by atoms with van der Waals surface area (Å²) in [6, 6.07) is 0.818. The number of piperidine rings is 1. The Kier molecular flexibility index (Phi) is 14.3. The van der Waals surface area contributed by atoms with Crippen LogP contribution in [0.2, 0.25) is 0 Å². The lowest BCUT2D eigenvalue weighted by molar-refractivity contribution is -0.948. The highest BCUT2D eigenvalue weighted by Gasteiger charge is 2.35. The highest BCUT2D eigenvalue weighted by Crippen LogP contribution is 2.26. The second-order valence-corrected chi connectivity index (χ2v) is 8.87. The average Bonchev–Trinajstić information content (AvgIpc) is 2.63. The summed E-state index contributed by atoms with van der Waals surface area (Å²) in [6.07, 6.45) is 21.6. The molecule has 146 valence electrons. The van der Waals surface area contributed by atoms with Gasteiger partial charge in [0, 0.05) is 22.6 Å². The van der Waals surface area contributed by atoms with Gasteiger partial charge in [0.2, 0.25) is 0 Å². The zero-order valence-corrected chi connectivity index (χ0v) is 19.3. The maximum atomic E-state index is 3.39. The number of unbranched alkanes of at least 4 members (excludes halogenated alkanes) is 11. The Morgan fingerprint density at radius 3 is 1.92 bits per heavy atom. The minimum Gasteiger partial charge on any atom is -0.311 e. The summed E-state index contributed by atoms with van der Waals surface area (Å²) < 4.78 is 4.40. The second kappa shape index (κ2) is 15.3. The van der Waals surface area contributed by atoms with Gasteiger partial charge >= 0.3 is 0 Å². The van der Waals surface area contributed by atoms with Crippen LogP contribution in [0.4, 0.5) is 0 Å². The predicted octanol–water partition coefficient (Wildman–Crippen LogP) is 7.47. The third-order valence-electron chi connectivity index (χ3n) is 6.33. The molecule has 0 spiro atoms. The van der Waals surface area contributed by atoms with Crippen LogP contribution in [0.25, 0.3) is 0 Å². The summed E-state index contributed by atoms with van der Waals surface area (Å²) in [5.41, 5.74) is 0. The van der Waals surface area contributed by atoms with Gasteiger partial charge in [-0.25, -0.2) is 0 Å². The molecule has 1 nitrogen and oxygen atoms in total. The van der Waals surface area contributed by atoms with E-state index in [-0.39, 0.29) is 0 Å². The van der Waals surface area contributed by atoms with Crippen LogP contribution < -0.4 is 0 Å². The summed E-state index contributed by atoms with van der Waals surface area (Å²) in [4.78, 5) is 0. The first-order valence-electron chi connectivity index (χ1n) is 11.2. The molecule has 2 unspecified atom stereocenters. The van der Waals surface area contributed by atoms with Gasteiger partial charge < -0.3 is 4.48 Å². The smallest absolute Gasteiger partial charge is 0.141 e. The molecule has 0 saturated carbocycles. The summed E-state index contributed by atoms with van der Waals surface area (Å²) in [6.45, 7) is 8.58. The van der Waals surface area contributed by atoms with Crippen LogP contribution >= 0.6 is 22.6 Å². The van der Waals surface area contributed by atoms with E-state index in [1.54, 1.807) is 0 Å². The molecule has 1 saturated heterocycles. The third-order valence-corrected chi connectivity index (χ3v) is 6.71. The Hall–Kier alpha value is 0.250. The first kappa shape index (κ1) is 23.3. The first-order valence-corrected chi connectivity index (χ1v) is 12.3. The maximum absolute atomic E-state index is 3.39. The van der Waals surface area contributed by atoms with Crippen molar-refractivity contribution in [2.75, 3.05) is 19.6 Å². The van der Waals surface area contributed by atoms with Crippen LogP contribution in [0, 0.1) is 9.85 Å².